The summed E-state index contributed by atoms with van der Waals surface area (Å²) in [4.78, 5) is 4.72. The van der Waals surface area contributed by atoms with Gasteiger partial charge < -0.3 is 9.47 Å². The van der Waals surface area contributed by atoms with Crippen molar-refractivity contribution in [1.82, 2.24) is 0 Å². The van der Waals surface area contributed by atoms with E-state index in [0.29, 0.717) is 13.1 Å². The number of hydrogen-bond acceptors (Lipinski definition) is 5. The number of benzene rings is 1. The Morgan fingerprint density at radius 2 is 2.05 bits per heavy atom. The molecular weight excluding hydrogens is 270 g/mol. The Kier molecular flexibility index (Phi) is 5.57. The maximum Gasteiger partial charge on any atom is 0.291 e. The van der Waals surface area contributed by atoms with Crippen molar-refractivity contribution < 1.29 is 19.0 Å². The van der Waals surface area contributed by atoms with Crippen LogP contribution in [0.3, 0.4) is 0 Å². The summed E-state index contributed by atoms with van der Waals surface area (Å²) in [5.74, 6) is 1.62. The Balaban J connectivity index is 0.00000180. The molecule has 0 spiro atoms. The zero-order chi connectivity index (χ0) is 13.0. The molecule has 0 fully saturated rings. The molecule has 0 atom stereocenters. The standard InChI is InChI=1S/C12H16N3O3.ClH/c1-16-10-4-3-9(7-11(10)17-2)5-6-15-8-12(13)18-14-15;/h3-4,7,13H,5-6,8H2,1-2H3;1H/q+1;. The number of rotatable bonds is 5. The molecule has 6 nitrogen and oxygen atoms in total. The molecule has 0 bridgehead atoms. The van der Waals surface area contributed by atoms with Gasteiger partial charge in [0.2, 0.25) is 6.54 Å². The molecule has 1 heterocycles. The van der Waals surface area contributed by atoms with Gasteiger partial charge in [-0.3, -0.25) is 10.2 Å². The topological polar surface area (TPSA) is 66.9 Å². The Labute approximate surface area is 117 Å². The van der Waals surface area contributed by atoms with Crippen LogP contribution in [0.25, 0.3) is 0 Å². The molecule has 0 radical (unpaired) electrons. The first-order valence-electron chi connectivity index (χ1n) is 5.64. The van der Waals surface area contributed by atoms with Crippen LogP contribution in [0.15, 0.2) is 23.5 Å². The van der Waals surface area contributed by atoms with Crippen molar-refractivity contribution in [2.75, 3.05) is 27.3 Å². The van der Waals surface area contributed by atoms with Crippen molar-refractivity contribution in [2.24, 2.45) is 5.28 Å². The minimum Gasteiger partial charge on any atom is -0.493 e. The number of halogens is 1. The van der Waals surface area contributed by atoms with Gasteiger partial charge in [-0.15, -0.1) is 12.4 Å². The smallest absolute Gasteiger partial charge is 0.291 e. The quantitative estimate of drug-likeness (QED) is 0.843. The van der Waals surface area contributed by atoms with E-state index in [0.717, 1.165) is 23.5 Å². The van der Waals surface area contributed by atoms with E-state index in [2.05, 4.69) is 5.28 Å². The van der Waals surface area contributed by atoms with E-state index in [4.69, 9.17) is 19.7 Å². The number of nitrogens with zero attached hydrogens (tertiary/aromatic N) is 2. The third-order valence-corrected chi connectivity index (χ3v) is 2.70. The van der Waals surface area contributed by atoms with E-state index >= 15 is 0 Å². The fourth-order valence-electron chi connectivity index (χ4n) is 1.74. The lowest BCUT2D eigenvalue weighted by molar-refractivity contribution is -0.585. The molecular formula is C12H17ClN3O3+. The van der Waals surface area contributed by atoms with Gasteiger partial charge in [0.05, 0.1) is 14.2 Å². The summed E-state index contributed by atoms with van der Waals surface area (Å²) < 4.78 is 12.1. The average Bonchev–Trinajstić information content (AvgIpc) is 2.81. The minimum absolute atomic E-state index is 0. The van der Waals surface area contributed by atoms with Gasteiger partial charge in [-0.05, 0) is 17.7 Å². The van der Waals surface area contributed by atoms with Crippen molar-refractivity contribution >= 4 is 18.3 Å². The zero-order valence-corrected chi connectivity index (χ0v) is 11.7. The number of nitrogens with one attached hydrogen (secondary N) is 1. The highest BCUT2D eigenvalue weighted by molar-refractivity contribution is 5.85. The second-order valence-electron chi connectivity index (χ2n) is 3.92. The lowest BCUT2D eigenvalue weighted by Crippen LogP contribution is -2.14. The molecule has 1 aliphatic heterocycles. The number of ether oxygens (including phenoxy) is 2. The molecule has 7 heteroatoms. The maximum atomic E-state index is 7.28. The second-order valence-corrected chi connectivity index (χ2v) is 3.92. The molecule has 2 rings (SSSR count). The summed E-state index contributed by atoms with van der Waals surface area (Å²) >= 11 is 0. The monoisotopic (exact) mass is 286 g/mol. The predicted octanol–water partition coefficient (Wildman–Crippen LogP) is 2.06. The molecule has 1 N–H and O–H groups in total. The molecule has 0 aliphatic carbocycles. The van der Waals surface area contributed by atoms with Crippen LogP contribution in [-0.4, -0.2) is 37.9 Å². The molecule has 19 heavy (non-hydrogen) atoms. The molecule has 1 aromatic carbocycles. The molecule has 1 aliphatic rings. The fraction of sp³-hybridized carbons (Fsp3) is 0.417. The van der Waals surface area contributed by atoms with Gasteiger partial charge >= 0.3 is 0 Å². The van der Waals surface area contributed by atoms with E-state index in [-0.39, 0.29) is 18.3 Å². The normalized spacial score (nSPS) is 13.4. The van der Waals surface area contributed by atoms with Gasteiger partial charge in [0.25, 0.3) is 5.90 Å². The van der Waals surface area contributed by atoms with Crippen LogP contribution in [0.5, 0.6) is 11.5 Å². The minimum atomic E-state index is 0. The molecule has 0 saturated carbocycles. The molecule has 0 amide bonds. The van der Waals surface area contributed by atoms with Gasteiger partial charge in [-0.25, -0.2) is 0 Å². The lowest BCUT2D eigenvalue weighted by Gasteiger charge is -2.08. The van der Waals surface area contributed by atoms with Crippen molar-refractivity contribution in [3.63, 3.8) is 0 Å². The van der Waals surface area contributed by atoms with Crippen LogP contribution in [0.4, 0.5) is 0 Å². The van der Waals surface area contributed by atoms with E-state index in [1.165, 1.54) is 0 Å². The van der Waals surface area contributed by atoms with Crippen LogP contribution in [-0.2, 0) is 11.3 Å². The van der Waals surface area contributed by atoms with Crippen molar-refractivity contribution in [1.29, 1.82) is 5.41 Å². The third kappa shape index (κ3) is 3.82. The van der Waals surface area contributed by atoms with Crippen molar-refractivity contribution in [2.45, 2.75) is 6.42 Å². The Morgan fingerprint density at radius 3 is 2.63 bits per heavy atom. The highest BCUT2D eigenvalue weighted by atomic mass is 35.5. The zero-order valence-electron chi connectivity index (χ0n) is 10.9. The summed E-state index contributed by atoms with van der Waals surface area (Å²) in [6, 6.07) is 5.82. The van der Waals surface area contributed by atoms with E-state index in [1.54, 1.807) is 18.9 Å². The largest absolute Gasteiger partial charge is 0.493 e. The van der Waals surface area contributed by atoms with Gasteiger partial charge in [0.15, 0.2) is 23.3 Å². The first-order chi connectivity index (χ1) is 8.72. The number of methoxy groups -OCH3 is 2. The highest BCUT2D eigenvalue weighted by Gasteiger charge is 2.21. The molecule has 0 aromatic heterocycles. The lowest BCUT2D eigenvalue weighted by atomic mass is 10.1. The molecule has 0 unspecified atom stereocenters. The highest BCUT2D eigenvalue weighted by Crippen LogP contribution is 2.27. The molecule has 104 valence electrons. The van der Waals surface area contributed by atoms with Gasteiger partial charge in [-0.1, -0.05) is 10.8 Å². The van der Waals surface area contributed by atoms with Gasteiger partial charge in [-0.2, -0.15) is 0 Å². The van der Waals surface area contributed by atoms with Crippen LogP contribution in [0, 0.1) is 5.41 Å². The number of hydrogen-bond donors (Lipinski definition) is 1. The van der Waals surface area contributed by atoms with Crippen LogP contribution in [0.2, 0.25) is 0 Å². The van der Waals surface area contributed by atoms with Crippen molar-refractivity contribution in [3.05, 3.63) is 23.8 Å². The van der Waals surface area contributed by atoms with Crippen LogP contribution in [0.1, 0.15) is 5.56 Å². The summed E-state index contributed by atoms with van der Waals surface area (Å²) in [6.07, 6.45) is 0.806. The third-order valence-electron chi connectivity index (χ3n) is 2.70. The SMILES string of the molecule is COc1ccc(CC[N+]2=NOC(=N)C2)cc1OC.Cl. The molecule has 1 aromatic rings. The first kappa shape index (κ1) is 15.2. The summed E-state index contributed by atoms with van der Waals surface area (Å²) in [5, 5.41) is 11.0. The average molecular weight is 287 g/mol. The van der Waals surface area contributed by atoms with Crippen LogP contribution < -0.4 is 9.47 Å². The summed E-state index contributed by atoms with van der Waals surface area (Å²) in [7, 11) is 3.23. The maximum absolute atomic E-state index is 7.28. The summed E-state index contributed by atoms with van der Waals surface area (Å²) in [5.41, 5.74) is 1.13. The summed E-state index contributed by atoms with van der Waals surface area (Å²) in [6.45, 7) is 1.14. The van der Waals surface area contributed by atoms with Gasteiger partial charge in [0.1, 0.15) is 0 Å². The van der Waals surface area contributed by atoms with E-state index in [9.17, 15) is 0 Å². The Morgan fingerprint density at radius 1 is 1.32 bits per heavy atom. The predicted molar refractivity (Wildman–Crippen MR) is 71.7 cm³/mol. The first-order valence-corrected chi connectivity index (χ1v) is 5.64. The van der Waals surface area contributed by atoms with Crippen LogP contribution >= 0.6 is 12.4 Å². The van der Waals surface area contributed by atoms with Gasteiger partial charge in [0, 0.05) is 6.42 Å². The Hall–Kier alpha value is -1.82. The van der Waals surface area contributed by atoms with Crippen molar-refractivity contribution in [3.8, 4) is 11.5 Å². The fourth-order valence-corrected chi connectivity index (χ4v) is 1.74. The Bertz CT molecular complexity index is 491. The second kappa shape index (κ2) is 6.94. The van der Waals surface area contributed by atoms with E-state index < -0.39 is 0 Å². The van der Waals surface area contributed by atoms with E-state index in [1.807, 2.05) is 18.2 Å². The molecule has 0 saturated heterocycles.